The second-order valence-corrected chi connectivity index (χ2v) is 6.35. The number of halogens is 1. The number of rotatable bonds is 6. The van der Waals surface area contributed by atoms with E-state index in [4.69, 9.17) is 0 Å². The van der Waals surface area contributed by atoms with E-state index in [1.165, 1.54) is 5.56 Å². The molecular formula is C14H24BrN3. The quantitative estimate of drug-likeness (QED) is 0.804. The molecule has 102 valence electrons. The summed E-state index contributed by atoms with van der Waals surface area (Å²) >= 11 is 3.47. The van der Waals surface area contributed by atoms with Crippen molar-refractivity contribution < 1.29 is 0 Å². The third kappa shape index (κ3) is 4.94. The first-order valence-electron chi connectivity index (χ1n) is 6.42. The zero-order chi connectivity index (χ0) is 13.7. The van der Waals surface area contributed by atoms with Crippen LogP contribution in [-0.2, 0) is 0 Å². The number of aromatic nitrogens is 1. The monoisotopic (exact) mass is 313 g/mol. The predicted octanol–water partition coefficient (Wildman–Crippen LogP) is 3.18. The zero-order valence-electron chi connectivity index (χ0n) is 12.1. The molecule has 0 saturated heterocycles. The topological polar surface area (TPSA) is 19.4 Å². The first-order valence-corrected chi connectivity index (χ1v) is 7.21. The SMILES string of the molecule is Cc1cc(Br)cnc1N(CCN(C)C)CC(C)C. The Hall–Kier alpha value is -0.610. The van der Waals surface area contributed by atoms with E-state index in [-0.39, 0.29) is 0 Å². The molecule has 1 aromatic rings. The van der Waals surface area contributed by atoms with Crippen LogP contribution in [0.2, 0.25) is 0 Å². The highest BCUT2D eigenvalue weighted by Crippen LogP contribution is 2.21. The number of anilines is 1. The van der Waals surface area contributed by atoms with E-state index < -0.39 is 0 Å². The standard InChI is InChI=1S/C14H24BrN3/c1-11(2)10-18(7-6-17(4)5)14-12(3)8-13(15)9-16-14/h8-9,11H,6-7,10H2,1-5H3. The molecule has 0 aliphatic heterocycles. The van der Waals surface area contributed by atoms with Gasteiger partial charge in [0, 0.05) is 30.3 Å². The molecule has 0 N–H and O–H groups in total. The largest absolute Gasteiger partial charge is 0.355 e. The Morgan fingerprint density at radius 2 is 1.94 bits per heavy atom. The maximum Gasteiger partial charge on any atom is 0.131 e. The summed E-state index contributed by atoms with van der Waals surface area (Å²) < 4.78 is 1.04. The van der Waals surface area contributed by atoms with Gasteiger partial charge in [-0.2, -0.15) is 0 Å². The molecule has 1 aromatic heterocycles. The predicted molar refractivity (Wildman–Crippen MR) is 82.3 cm³/mol. The van der Waals surface area contributed by atoms with E-state index in [0.29, 0.717) is 5.92 Å². The van der Waals surface area contributed by atoms with Crippen molar-refractivity contribution in [2.24, 2.45) is 5.92 Å². The average molecular weight is 314 g/mol. The van der Waals surface area contributed by atoms with E-state index in [0.717, 1.165) is 29.9 Å². The van der Waals surface area contributed by atoms with Crippen LogP contribution >= 0.6 is 15.9 Å². The Bertz CT molecular complexity index is 377. The van der Waals surface area contributed by atoms with Crippen molar-refractivity contribution in [3.8, 4) is 0 Å². The summed E-state index contributed by atoms with van der Waals surface area (Å²) in [5, 5.41) is 0. The van der Waals surface area contributed by atoms with Crippen molar-refractivity contribution in [2.45, 2.75) is 20.8 Å². The van der Waals surface area contributed by atoms with Crippen molar-refractivity contribution in [1.29, 1.82) is 0 Å². The van der Waals surface area contributed by atoms with Crippen molar-refractivity contribution in [2.75, 3.05) is 38.6 Å². The first-order chi connectivity index (χ1) is 8.40. The Morgan fingerprint density at radius 1 is 1.28 bits per heavy atom. The van der Waals surface area contributed by atoms with Gasteiger partial charge in [-0.25, -0.2) is 4.98 Å². The highest BCUT2D eigenvalue weighted by molar-refractivity contribution is 9.10. The second kappa shape index (κ2) is 7.10. The van der Waals surface area contributed by atoms with E-state index in [1.54, 1.807) is 0 Å². The molecule has 18 heavy (non-hydrogen) atoms. The van der Waals surface area contributed by atoms with Crippen LogP contribution in [0.5, 0.6) is 0 Å². The number of likely N-dealkylation sites (N-methyl/N-ethyl adjacent to an activating group) is 1. The minimum absolute atomic E-state index is 0.636. The molecule has 0 atom stereocenters. The van der Waals surface area contributed by atoms with Gasteiger partial charge < -0.3 is 9.80 Å². The van der Waals surface area contributed by atoms with Gasteiger partial charge in [-0.1, -0.05) is 13.8 Å². The average Bonchev–Trinajstić information content (AvgIpc) is 2.24. The molecule has 3 nitrogen and oxygen atoms in total. The van der Waals surface area contributed by atoms with Crippen LogP contribution in [0.3, 0.4) is 0 Å². The molecule has 0 aliphatic carbocycles. The molecule has 1 heterocycles. The van der Waals surface area contributed by atoms with E-state index in [1.807, 2.05) is 6.20 Å². The van der Waals surface area contributed by atoms with Crippen molar-refractivity contribution >= 4 is 21.7 Å². The molecule has 0 unspecified atom stereocenters. The van der Waals surface area contributed by atoms with Gasteiger partial charge in [0.05, 0.1) is 0 Å². The lowest BCUT2D eigenvalue weighted by Gasteiger charge is -2.28. The first kappa shape index (κ1) is 15.4. The van der Waals surface area contributed by atoms with Gasteiger partial charge in [0.15, 0.2) is 0 Å². The van der Waals surface area contributed by atoms with Crippen LogP contribution in [0.1, 0.15) is 19.4 Å². The molecule has 0 spiro atoms. The zero-order valence-corrected chi connectivity index (χ0v) is 13.7. The molecule has 0 radical (unpaired) electrons. The normalized spacial score (nSPS) is 11.3. The van der Waals surface area contributed by atoms with Gasteiger partial charge in [0.2, 0.25) is 0 Å². The highest BCUT2D eigenvalue weighted by Gasteiger charge is 2.12. The number of hydrogen-bond acceptors (Lipinski definition) is 3. The number of aryl methyl sites for hydroxylation is 1. The summed E-state index contributed by atoms with van der Waals surface area (Å²) in [6, 6.07) is 2.13. The van der Waals surface area contributed by atoms with Crippen LogP contribution in [0.15, 0.2) is 16.7 Å². The highest BCUT2D eigenvalue weighted by atomic mass is 79.9. The fraction of sp³-hybridized carbons (Fsp3) is 0.643. The summed E-state index contributed by atoms with van der Waals surface area (Å²) in [5.74, 6) is 1.74. The van der Waals surface area contributed by atoms with Crippen LogP contribution in [0.4, 0.5) is 5.82 Å². The summed E-state index contributed by atoms with van der Waals surface area (Å²) in [7, 11) is 4.21. The third-order valence-corrected chi connectivity index (χ3v) is 3.15. The molecule has 1 rings (SSSR count). The maximum atomic E-state index is 4.57. The number of pyridine rings is 1. The van der Waals surface area contributed by atoms with E-state index >= 15 is 0 Å². The van der Waals surface area contributed by atoms with Gasteiger partial charge in [-0.15, -0.1) is 0 Å². The molecule has 0 bridgehead atoms. The molecule has 0 saturated carbocycles. The van der Waals surface area contributed by atoms with Crippen LogP contribution in [-0.4, -0.2) is 43.6 Å². The van der Waals surface area contributed by atoms with Crippen molar-refractivity contribution in [3.05, 3.63) is 22.3 Å². The minimum Gasteiger partial charge on any atom is -0.355 e. The smallest absolute Gasteiger partial charge is 0.131 e. The summed E-state index contributed by atoms with van der Waals surface area (Å²) in [5.41, 5.74) is 1.23. The van der Waals surface area contributed by atoms with Crippen LogP contribution in [0.25, 0.3) is 0 Å². The molecule has 4 heteroatoms. The molecular weight excluding hydrogens is 290 g/mol. The molecule has 0 aromatic carbocycles. The fourth-order valence-electron chi connectivity index (χ4n) is 1.91. The minimum atomic E-state index is 0.636. The second-order valence-electron chi connectivity index (χ2n) is 5.44. The molecule has 0 aliphatic rings. The van der Waals surface area contributed by atoms with Crippen molar-refractivity contribution in [1.82, 2.24) is 9.88 Å². The van der Waals surface area contributed by atoms with Gasteiger partial charge in [-0.3, -0.25) is 0 Å². The van der Waals surface area contributed by atoms with E-state index in [9.17, 15) is 0 Å². The summed E-state index contributed by atoms with van der Waals surface area (Å²) in [6.45, 7) is 9.72. The lowest BCUT2D eigenvalue weighted by Crippen LogP contribution is -2.35. The maximum absolute atomic E-state index is 4.57. The lowest BCUT2D eigenvalue weighted by atomic mass is 10.2. The van der Waals surface area contributed by atoms with Crippen LogP contribution in [0, 0.1) is 12.8 Å². The number of hydrogen-bond donors (Lipinski definition) is 0. The van der Waals surface area contributed by atoms with Gasteiger partial charge in [0.1, 0.15) is 5.82 Å². The van der Waals surface area contributed by atoms with Crippen molar-refractivity contribution in [3.63, 3.8) is 0 Å². The summed E-state index contributed by atoms with van der Waals surface area (Å²) in [6.07, 6.45) is 1.88. The van der Waals surface area contributed by atoms with Gasteiger partial charge in [-0.05, 0) is 54.5 Å². The Morgan fingerprint density at radius 3 is 2.44 bits per heavy atom. The fourth-order valence-corrected chi connectivity index (χ4v) is 2.36. The van der Waals surface area contributed by atoms with Gasteiger partial charge >= 0.3 is 0 Å². The van der Waals surface area contributed by atoms with Crippen LogP contribution < -0.4 is 4.90 Å². The third-order valence-electron chi connectivity index (χ3n) is 2.72. The Kier molecular flexibility index (Phi) is 6.09. The van der Waals surface area contributed by atoms with Gasteiger partial charge in [0.25, 0.3) is 0 Å². The molecule has 0 amide bonds. The Balaban J connectivity index is 2.86. The number of nitrogens with zero attached hydrogens (tertiary/aromatic N) is 3. The molecule has 0 fully saturated rings. The van der Waals surface area contributed by atoms with E-state index in [2.05, 4.69) is 71.6 Å². The lowest BCUT2D eigenvalue weighted by molar-refractivity contribution is 0.408. The Labute approximate surface area is 119 Å². The summed E-state index contributed by atoms with van der Waals surface area (Å²) in [4.78, 5) is 9.16.